The predicted octanol–water partition coefficient (Wildman–Crippen LogP) is 0.582. The minimum absolute atomic E-state index is 0.0626. The van der Waals surface area contributed by atoms with Crippen LogP contribution in [0.15, 0.2) is 23.6 Å². The minimum atomic E-state index is -2.86. The molecule has 1 aliphatic heterocycles. The third kappa shape index (κ3) is 2.51. The van der Waals surface area contributed by atoms with Crippen molar-refractivity contribution in [3.63, 3.8) is 0 Å². The Labute approximate surface area is 103 Å². The quantitative estimate of drug-likeness (QED) is 0.789. The van der Waals surface area contributed by atoms with Crippen LogP contribution in [0.2, 0.25) is 0 Å². The monoisotopic (exact) mass is 260 g/mol. The fourth-order valence-corrected chi connectivity index (χ4v) is 1.98. The van der Waals surface area contributed by atoms with Gasteiger partial charge in [-0.1, -0.05) is 0 Å². The van der Waals surface area contributed by atoms with Gasteiger partial charge in [0.25, 0.3) is 0 Å². The van der Waals surface area contributed by atoms with E-state index in [1.165, 1.54) is 11.0 Å². The molecule has 18 heavy (non-hydrogen) atoms. The van der Waals surface area contributed by atoms with Crippen molar-refractivity contribution in [2.45, 2.75) is 25.2 Å². The summed E-state index contributed by atoms with van der Waals surface area (Å²) in [6.07, 6.45) is 2.65. The van der Waals surface area contributed by atoms with Crippen LogP contribution in [-0.4, -0.2) is 43.2 Å². The average molecular weight is 260 g/mol. The normalized spacial score (nSPS) is 28.5. The Hall–Kier alpha value is -1.47. The zero-order valence-electron chi connectivity index (χ0n) is 9.81. The second-order valence-electron chi connectivity index (χ2n) is 4.13. The molecular formula is C11H14F2N2O3. The van der Waals surface area contributed by atoms with E-state index in [-0.39, 0.29) is 24.7 Å². The summed E-state index contributed by atoms with van der Waals surface area (Å²) >= 11 is 0. The standard InChI is InChI=1S/C11H14F2N2O3/c1-15-8-3-2-6(18-11(12)13)4-9(8)17-5-7(14)10(15)16/h2-3,7,9,11H,4-5,14H2,1H3/t7-,9?/m0/s1. The Balaban J connectivity index is 2.19. The van der Waals surface area contributed by atoms with Gasteiger partial charge in [0, 0.05) is 19.2 Å². The first-order valence-electron chi connectivity index (χ1n) is 5.49. The van der Waals surface area contributed by atoms with Crippen LogP contribution in [0.4, 0.5) is 8.78 Å². The molecule has 1 amide bonds. The van der Waals surface area contributed by atoms with Gasteiger partial charge in [-0.05, 0) is 12.2 Å². The maximum atomic E-state index is 12.1. The van der Waals surface area contributed by atoms with Crippen LogP contribution in [0.25, 0.3) is 0 Å². The van der Waals surface area contributed by atoms with E-state index >= 15 is 0 Å². The lowest BCUT2D eigenvalue weighted by atomic mass is 10.1. The fraction of sp³-hybridized carbons (Fsp3) is 0.545. The number of amides is 1. The number of nitrogens with zero attached hydrogens (tertiary/aromatic N) is 1. The summed E-state index contributed by atoms with van der Waals surface area (Å²) in [6.45, 7) is -2.80. The van der Waals surface area contributed by atoms with Crippen molar-refractivity contribution in [3.05, 3.63) is 23.6 Å². The van der Waals surface area contributed by atoms with Crippen LogP contribution < -0.4 is 5.73 Å². The van der Waals surface area contributed by atoms with Crippen molar-refractivity contribution in [2.24, 2.45) is 5.73 Å². The number of ether oxygens (including phenoxy) is 2. The summed E-state index contributed by atoms with van der Waals surface area (Å²) in [7, 11) is 1.59. The summed E-state index contributed by atoms with van der Waals surface area (Å²) in [4.78, 5) is 13.2. The molecule has 1 fully saturated rings. The number of halogens is 2. The second kappa shape index (κ2) is 5.03. The Morgan fingerprint density at radius 2 is 2.28 bits per heavy atom. The molecular weight excluding hydrogens is 246 g/mol. The number of alkyl halides is 2. The predicted molar refractivity (Wildman–Crippen MR) is 58.4 cm³/mol. The molecule has 1 aliphatic carbocycles. The lowest BCUT2D eigenvalue weighted by molar-refractivity contribution is -0.129. The third-order valence-corrected chi connectivity index (χ3v) is 2.91. The summed E-state index contributed by atoms with van der Waals surface area (Å²) in [6, 6.07) is -0.735. The van der Waals surface area contributed by atoms with Gasteiger partial charge >= 0.3 is 6.61 Å². The topological polar surface area (TPSA) is 64.8 Å². The number of carbonyl (C=O) groups is 1. The molecule has 7 heteroatoms. The molecule has 1 heterocycles. The van der Waals surface area contributed by atoms with E-state index in [0.29, 0.717) is 5.70 Å². The van der Waals surface area contributed by atoms with Gasteiger partial charge in [-0.3, -0.25) is 4.79 Å². The molecule has 0 aromatic rings. The van der Waals surface area contributed by atoms with Gasteiger partial charge in [-0.2, -0.15) is 8.78 Å². The van der Waals surface area contributed by atoms with Crippen LogP contribution in [-0.2, 0) is 14.3 Å². The lowest BCUT2D eigenvalue weighted by Gasteiger charge is -2.27. The van der Waals surface area contributed by atoms with E-state index in [1.54, 1.807) is 13.1 Å². The highest BCUT2D eigenvalue weighted by Gasteiger charge is 2.33. The van der Waals surface area contributed by atoms with Crippen LogP contribution >= 0.6 is 0 Å². The zero-order chi connectivity index (χ0) is 13.3. The smallest absolute Gasteiger partial charge is 0.387 e. The van der Waals surface area contributed by atoms with Crippen molar-refractivity contribution in [1.82, 2.24) is 4.90 Å². The van der Waals surface area contributed by atoms with Crippen LogP contribution in [0, 0.1) is 0 Å². The number of carbonyl (C=O) groups excluding carboxylic acids is 1. The number of rotatable bonds is 2. The number of allylic oxidation sites excluding steroid dienone is 2. The molecule has 0 saturated carbocycles. The molecule has 1 saturated heterocycles. The Morgan fingerprint density at radius 3 is 2.94 bits per heavy atom. The van der Waals surface area contributed by atoms with Gasteiger partial charge in [0.1, 0.15) is 17.9 Å². The molecule has 2 aliphatic rings. The number of hydrogen-bond acceptors (Lipinski definition) is 4. The van der Waals surface area contributed by atoms with E-state index in [2.05, 4.69) is 4.74 Å². The molecule has 5 nitrogen and oxygen atoms in total. The number of hydrogen-bond donors (Lipinski definition) is 1. The largest absolute Gasteiger partial charge is 0.439 e. The number of likely N-dealkylation sites (N-methyl/N-ethyl adjacent to an activating group) is 1. The first-order valence-corrected chi connectivity index (χ1v) is 5.49. The van der Waals surface area contributed by atoms with Gasteiger partial charge in [0.2, 0.25) is 5.91 Å². The molecule has 0 bridgehead atoms. The van der Waals surface area contributed by atoms with Crippen LogP contribution in [0.1, 0.15) is 6.42 Å². The van der Waals surface area contributed by atoms with Crippen LogP contribution in [0.5, 0.6) is 0 Å². The number of fused-ring (bicyclic) bond motifs is 1. The highest BCUT2D eigenvalue weighted by Crippen LogP contribution is 2.28. The van der Waals surface area contributed by atoms with Crippen LogP contribution in [0.3, 0.4) is 0 Å². The molecule has 2 N–H and O–H groups in total. The SMILES string of the molecule is CN1C(=O)[C@@H](N)COC2CC(OC(F)F)=CC=C21. The minimum Gasteiger partial charge on any atom is -0.439 e. The maximum Gasteiger partial charge on any atom is 0.387 e. The second-order valence-corrected chi connectivity index (χ2v) is 4.13. The molecule has 2 rings (SSSR count). The molecule has 0 radical (unpaired) electrons. The average Bonchev–Trinajstić information content (AvgIpc) is 2.42. The van der Waals surface area contributed by atoms with E-state index in [4.69, 9.17) is 10.5 Å². The van der Waals surface area contributed by atoms with Crippen molar-refractivity contribution in [3.8, 4) is 0 Å². The molecule has 100 valence electrons. The summed E-state index contributed by atoms with van der Waals surface area (Å²) < 4.78 is 34.0. The Morgan fingerprint density at radius 1 is 1.56 bits per heavy atom. The van der Waals surface area contributed by atoms with E-state index in [9.17, 15) is 13.6 Å². The lowest BCUT2D eigenvalue weighted by Crippen LogP contribution is -2.41. The summed E-state index contributed by atoms with van der Waals surface area (Å²) in [5.41, 5.74) is 6.23. The summed E-state index contributed by atoms with van der Waals surface area (Å²) in [5.74, 6) is -0.120. The summed E-state index contributed by atoms with van der Waals surface area (Å²) in [5, 5.41) is 0. The third-order valence-electron chi connectivity index (χ3n) is 2.91. The van der Waals surface area contributed by atoms with E-state index in [1.807, 2.05) is 0 Å². The first-order chi connectivity index (χ1) is 8.49. The van der Waals surface area contributed by atoms with Crippen molar-refractivity contribution >= 4 is 5.91 Å². The van der Waals surface area contributed by atoms with Gasteiger partial charge in [0.05, 0.1) is 6.61 Å². The van der Waals surface area contributed by atoms with Gasteiger partial charge in [-0.25, -0.2) is 0 Å². The molecule has 0 aromatic carbocycles. The Bertz CT molecular complexity index is 409. The highest BCUT2D eigenvalue weighted by atomic mass is 19.3. The number of nitrogens with two attached hydrogens (primary N) is 1. The van der Waals surface area contributed by atoms with Crippen molar-refractivity contribution in [2.75, 3.05) is 13.7 Å². The van der Waals surface area contributed by atoms with Gasteiger partial charge in [0.15, 0.2) is 0 Å². The molecule has 1 unspecified atom stereocenters. The molecule has 0 aromatic heterocycles. The van der Waals surface area contributed by atoms with Crippen molar-refractivity contribution < 1.29 is 23.0 Å². The van der Waals surface area contributed by atoms with E-state index < -0.39 is 18.8 Å². The molecule has 2 atom stereocenters. The highest BCUT2D eigenvalue weighted by molar-refractivity contribution is 5.83. The van der Waals surface area contributed by atoms with E-state index in [0.717, 1.165) is 0 Å². The fourth-order valence-electron chi connectivity index (χ4n) is 1.98. The first kappa shape index (κ1) is 13.0. The molecule has 0 spiro atoms. The van der Waals surface area contributed by atoms with Gasteiger partial charge in [-0.15, -0.1) is 0 Å². The maximum absolute atomic E-state index is 12.1. The Kier molecular flexibility index (Phi) is 3.63. The zero-order valence-corrected chi connectivity index (χ0v) is 9.81. The van der Waals surface area contributed by atoms with Gasteiger partial charge < -0.3 is 20.1 Å². The van der Waals surface area contributed by atoms with Crippen molar-refractivity contribution in [1.29, 1.82) is 0 Å².